The summed E-state index contributed by atoms with van der Waals surface area (Å²) in [6.45, 7) is 5.67. The van der Waals surface area contributed by atoms with Gasteiger partial charge in [-0.15, -0.1) is 0 Å². The van der Waals surface area contributed by atoms with Crippen molar-refractivity contribution in [3.8, 4) is 0 Å². The number of carbonyl (C=O) groups excluding carboxylic acids is 2. The summed E-state index contributed by atoms with van der Waals surface area (Å²) >= 11 is 0. The van der Waals surface area contributed by atoms with Crippen LogP contribution in [0.4, 0.5) is 0 Å². The van der Waals surface area contributed by atoms with Gasteiger partial charge in [-0.25, -0.2) is 0 Å². The van der Waals surface area contributed by atoms with Gasteiger partial charge in [0.05, 0.1) is 6.10 Å². The summed E-state index contributed by atoms with van der Waals surface area (Å²) in [5, 5.41) is 12.6. The minimum Gasteiger partial charge on any atom is -0.393 e. The number of rotatable bonds is 4. The molecule has 2 amide bonds. The second-order valence-electron chi connectivity index (χ2n) is 7.05. The molecule has 126 valence electrons. The van der Waals surface area contributed by atoms with Gasteiger partial charge in [-0.05, 0) is 31.1 Å². The first-order valence-electron chi connectivity index (χ1n) is 8.72. The summed E-state index contributed by atoms with van der Waals surface area (Å²) in [5.41, 5.74) is 0. The van der Waals surface area contributed by atoms with Crippen molar-refractivity contribution in [1.82, 2.24) is 10.2 Å². The van der Waals surface area contributed by atoms with E-state index in [4.69, 9.17) is 0 Å². The lowest BCUT2D eigenvalue weighted by molar-refractivity contribution is -0.135. The van der Waals surface area contributed by atoms with Gasteiger partial charge in [0.1, 0.15) is 0 Å². The molecule has 3 unspecified atom stereocenters. The molecule has 22 heavy (non-hydrogen) atoms. The fourth-order valence-electron chi connectivity index (χ4n) is 3.56. The molecule has 1 saturated heterocycles. The van der Waals surface area contributed by atoms with E-state index >= 15 is 0 Å². The van der Waals surface area contributed by atoms with Gasteiger partial charge in [0.2, 0.25) is 11.8 Å². The van der Waals surface area contributed by atoms with Crippen LogP contribution in [-0.2, 0) is 9.59 Å². The molecule has 2 rings (SSSR count). The van der Waals surface area contributed by atoms with Crippen molar-refractivity contribution < 1.29 is 14.7 Å². The number of amides is 2. The van der Waals surface area contributed by atoms with Crippen LogP contribution < -0.4 is 5.32 Å². The van der Waals surface area contributed by atoms with Gasteiger partial charge in [-0.3, -0.25) is 9.59 Å². The number of aliphatic hydroxyl groups excluding tert-OH is 1. The number of aliphatic hydroxyl groups is 1. The van der Waals surface area contributed by atoms with Crippen LogP contribution in [0, 0.1) is 11.8 Å². The molecule has 2 fully saturated rings. The minimum atomic E-state index is -0.276. The summed E-state index contributed by atoms with van der Waals surface area (Å²) < 4.78 is 0. The Balaban J connectivity index is 1.70. The SMILES string of the molecule is CC1CCCC(NC(=O)CCC(=O)N2CCC(O)CC2)C1C. The van der Waals surface area contributed by atoms with E-state index in [2.05, 4.69) is 19.2 Å². The third-order valence-corrected chi connectivity index (χ3v) is 5.44. The van der Waals surface area contributed by atoms with Crippen LogP contribution in [0.25, 0.3) is 0 Å². The van der Waals surface area contributed by atoms with Gasteiger partial charge in [-0.2, -0.15) is 0 Å². The molecule has 3 atom stereocenters. The van der Waals surface area contributed by atoms with Gasteiger partial charge in [-0.1, -0.05) is 26.7 Å². The second kappa shape index (κ2) is 7.95. The Morgan fingerprint density at radius 1 is 1.09 bits per heavy atom. The third kappa shape index (κ3) is 4.70. The average Bonchev–Trinajstić information content (AvgIpc) is 2.50. The lowest BCUT2D eigenvalue weighted by Crippen LogP contribution is -2.44. The van der Waals surface area contributed by atoms with Crippen molar-refractivity contribution in [2.24, 2.45) is 11.8 Å². The Kier molecular flexibility index (Phi) is 6.24. The topological polar surface area (TPSA) is 69.6 Å². The van der Waals surface area contributed by atoms with Crippen LogP contribution in [-0.4, -0.2) is 47.1 Å². The lowest BCUT2D eigenvalue weighted by atomic mass is 9.78. The Morgan fingerprint density at radius 2 is 1.77 bits per heavy atom. The average molecular weight is 310 g/mol. The Morgan fingerprint density at radius 3 is 2.45 bits per heavy atom. The molecule has 5 nitrogen and oxygen atoms in total. The van der Waals surface area contributed by atoms with E-state index in [9.17, 15) is 14.7 Å². The summed E-state index contributed by atoms with van der Waals surface area (Å²) in [6, 6.07) is 0.261. The molecule has 0 spiro atoms. The maximum Gasteiger partial charge on any atom is 0.223 e. The Bertz CT molecular complexity index is 391. The van der Waals surface area contributed by atoms with Crippen molar-refractivity contribution in [3.63, 3.8) is 0 Å². The van der Waals surface area contributed by atoms with Crippen LogP contribution in [0.1, 0.15) is 58.8 Å². The van der Waals surface area contributed by atoms with Gasteiger partial charge in [0, 0.05) is 32.0 Å². The van der Waals surface area contributed by atoms with Crippen molar-refractivity contribution in [2.75, 3.05) is 13.1 Å². The molecule has 5 heteroatoms. The van der Waals surface area contributed by atoms with Gasteiger partial charge >= 0.3 is 0 Å². The first kappa shape index (κ1) is 17.3. The van der Waals surface area contributed by atoms with E-state index in [1.807, 2.05) is 0 Å². The molecule has 1 saturated carbocycles. The van der Waals surface area contributed by atoms with E-state index in [1.54, 1.807) is 4.90 Å². The summed E-state index contributed by atoms with van der Waals surface area (Å²) in [5.74, 6) is 1.20. The Labute approximate surface area is 133 Å². The molecule has 0 aromatic carbocycles. The molecular formula is C17H30N2O3. The lowest BCUT2D eigenvalue weighted by Gasteiger charge is -2.34. The van der Waals surface area contributed by atoms with Crippen molar-refractivity contribution in [3.05, 3.63) is 0 Å². The fraction of sp³-hybridized carbons (Fsp3) is 0.882. The fourth-order valence-corrected chi connectivity index (χ4v) is 3.56. The van der Waals surface area contributed by atoms with Crippen molar-refractivity contribution >= 4 is 11.8 Å². The normalized spacial score (nSPS) is 30.1. The second-order valence-corrected chi connectivity index (χ2v) is 7.05. The molecule has 0 radical (unpaired) electrons. The van der Waals surface area contributed by atoms with Gasteiger partial charge < -0.3 is 15.3 Å². The predicted molar refractivity (Wildman–Crippen MR) is 85.2 cm³/mol. The highest BCUT2D eigenvalue weighted by molar-refractivity contribution is 5.84. The first-order valence-corrected chi connectivity index (χ1v) is 8.72. The molecule has 1 aliphatic carbocycles. The van der Waals surface area contributed by atoms with Gasteiger partial charge in [0.15, 0.2) is 0 Å². The highest BCUT2D eigenvalue weighted by Crippen LogP contribution is 2.29. The largest absolute Gasteiger partial charge is 0.393 e. The van der Waals surface area contributed by atoms with Crippen LogP contribution in [0.15, 0.2) is 0 Å². The quantitative estimate of drug-likeness (QED) is 0.830. The number of nitrogens with zero attached hydrogens (tertiary/aromatic N) is 1. The number of hydrogen-bond acceptors (Lipinski definition) is 3. The molecule has 0 aromatic rings. The Hall–Kier alpha value is -1.10. The number of hydrogen-bond donors (Lipinski definition) is 2. The molecule has 1 heterocycles. The summed E-state index contributed by atoms with van der Waals surface area (Å²) in [4.78, 5) is 25.9. The zero-order valence-electron chi connectivity index (χ0n) is 13.9. The molecule has 1 aliphatic heterocycles. The maximum absolute atomic E-state index is 12.1. The maximum atomic E-state index is 12.1. The number of piperidine rings is 1. The highest BCUT2D eigenvalue weighted by atomic mass is 16.3. The standard InChI is InChI=1S/C17H30N2O3/c1-12-4-3-5-15(13(12)2)18-16(21)6-7-17(22)19-10-8-14(20)9-11-19/h12-15,20H,3-11H2,1-2H3,(H,18,21). The van der Waals surface area contributed by atoms with E-state index in [0.717, 1.165) is 6.42 Å². The number of carbonyl (C=O) groups is 2. The predicted octanol–water partition coefficient (Wildman–Crippen LogP) is 1.69. The smallest absolute Gasteiger partial charge is 0.223 e. The zero-order valence-corrected chi connectivity index (χ0v) is 13.9. The van der Waals surface area contributed by atoms with Crippen LogP contribution in [0.3, 0.4) is 0 Å². The third-order valence-electron chi connectivity index (χ3n) is 5.44. The first-order chi connectivity index (χ1) is 10.5. The van der Waals surface area contributed by atoms with Gasteiger partial charge in [0.25, 0.3) is 0 Å². The van der Waals surface area contributed by atoms with E-state index < -0.39 is 0 Å². The minimum absolute atomic E-state index is 0.00339. The summed E-state index contributed by atoms with van der Waals surface area (Å²) in [7, 11) is 0. The van der Waals surface area contributed by atoms with Crippen LogP contribution in [0.2, 0.25) is 0 Å². The molecular weight excluding hydrogens is 280 g/mol. The number of likely N-dealkylation sites (tertiary alicyclic amines) is 1. The molecule has 2 aliphatic rings. The van der Waals surface area contributed by atoms with Crippen LogP contribution in [0.5, 0.6) is 0 Å². The number of nitrogens with one attached hydrogen (secondary N) is 1. The van der Waals surface area contributed by atoms with Crippen molar-refractivity contribution in [1.29, 1.82) is 0 Å². The van der Waals surface area contributed by atoms with Crippen molar-refractivity contribution in [2.45, 2.75) is 70.9 Å². The van der Waals surface area contributed by atoms with E-state index in [1.165, 1.54) is 12.8 Å². The monoisotopic (exact) mass is 310 g/mol. The summed E-state index contributed by atoms with van der Waals surface area (Å²) in [6.07, 6.45) is 5.04. The van der Waals surface area contributed by atoms with E-state index in [-0.39, 0.29) is 36.8 Å². The zero-order chi connectivity index (χ0) is 16.1. The molecule has 0 aromatic heterocycles. The highest BCUT2D eigenvalue weighted by Gasteiger charge is 2.28. The molecule has 2 N–H and O–H groups in total. The molecule has 0 bridgehead atoms. The van der Waals surface area contributed by atoms with Crippen LogP contribution >= 0.6 is 0 Å². The van der Waals surface area contributed by atoms with E-state index in [0.29, 0.717) is 37.8 Å².